The van der Waals surface area contributed by atoms with E-state index in [2.05, 4.69) is 47.4 Å². The van der Waals surface area contributed by atoms with Gasteiger partial charge in [0.05, 0.1) is 41.5 Å². The fourth-order valence-corrected chi connectivity index (χ4v) is 4.70. The van der Waals surface area contributed by atoms with Crippen molar-refractivity contribution in [1.29, 1.82) is 0 Å². The maximum Gasteiger partial charge on any atom is 0.261 e. The molecule has 3 N–H and O–H groups in total. The molecule has 5 heterocycles. The molecule has 11 nitrogen and oxygen atoms in total. The first kappa shape index (κ1) is 22.2. The lowest BCUT2D eigenvalue weighted by Crippen LogP contribution is -2.36. The fraction of sp³-hybridized carbons (Fsp3) is 0.320. The van der Waals surface area contributed by atoms with Crippen LogP contribution >= 0.6 is 0 Å². The van der Waals surface area contributed by atoms with Gasteiger partial charge in [-0.2, -0.15) is 5.10 Å². The largest absolute Gasteiger partial charge is 0.378 e. The van der Waals surface area contributed by atoms with Crippen LogP contribution in [0.25, 0.3) is 33.5 Å². The lowest BCUT2D eigenvalue weighted by atomic mass is 10.1. The Balaban J connectivity index is 1.48. The molecule has 0 unspecified atom stereocenters. The lowest BCUT2D eigenvalue weighted by Gasteiger charge is -2.28. The van der Waals surface area contributed by atoms with E-state index in [4.69, 9.17) is 9.72 Å². The van der Waals surface area contributed by atoms with Gasteiger partial charge in [0.2, 0.25) is 0 Å². The van der Waals surface area contributed by atoms with Gasteiger partial charge in [-0.05, 0) is 30.7 Å². The van der Waals surface area contributed by atoms with E-state index in [9.17, 15) is 4.79 Å². The number of rotatable bonds is 6. The first-order valence-corrected chi connectivity index (χ1v) is 12.1. The number of hydrogen-bond donors (Lipinski definition) is 3. The number of ether oxygens (including phenoxy) is 1. The molecule has 6 rings (SSSR count). The molecule has 1 aliphatic heterocycles. The number of imidazole rings is 1. The fourth-order valence-electron chi connectivity index (χ4n) is 4.70. The SMILES string of the molecule is CC[C@H](Nc1c(-c2nc3ccc(N4CCOCC4)cc3[nH]2)c(=O)[nH]c2cn(C)nc12)c1ncccn1. The highest BCUT2D eigenvalue weighted by molar-refractivity contribution is 5.96. The number of hydrogen-bond acceptors (Lipinski definition) is 8. The summed E-state index contributed by atoms with van der Waals surface area (Å²) < 4.78 is 7.17. The van der Waals surface area contributed by atoms with Gasteiger partial charge in [0.15, 0.2) is 0 Å². The van der Waals surface area contributed by atoms with Crippen LogP contribution in [-0.4, -0.2) is 61.0 Å². The number of nitrogens with one attached hydrogen (secondary N) is 3. The van der Waals surface area contributed by atoms with E-state index in [-0.39, 0.29) is 11.6 Å². The van der Waals surface area contributed by atoms with Crippen molar-refractivity contribution in [3.05, 3.63) is 59.0 Å². The van der Waals surface area contributed by atoms with Crippen LogP contribution in [0, 0.1) is 0 Å². The quantitative estimate of drug-likeness (QED) is 0.335. The number of H-pyrrole nitrogens is 2. The standard InChI is InChI=1S/C25H27N9O2/c1-3-16(23-26-7-4-8-27-23)28-22-20(25(35)31-19-14-33(2)32-21(19)22)24-29-17-6-5-15(13-18(17)30-24)34-9-11-36-12-10-34/h4-8,13-14,16,28H,3,9-12H2,1-2H3,(H,29,30)(H,31,35)/t16-/m0/s1. The molecule has 5 aromatic rings. The average molecular weight is 486 g/mol. The van der Waals surface area contributed by atoms with Crippen molar-refractivity contribution in [2.24, 2.45) is 7.05 Å². The Hall–Kier alpha value is -4.25. The topological polar surface area (TPSA) is 130 Å². The summed E-state index contributed by atoms with van der Waals surface area (Å²) in [6, 6.07) is 7.68. The van der Waals surface area contributed by atoms with Crippen LogP contribution in [0.2, 0.25) is 0 Å². The molecule has 4 aromatic heterocycles. The zero-order valence-corrected chi connectivity index (χ0v) is 20.2. The maximum absolute atomic E-state index is 13.4. The Labute approximate surface area is 206 Å². The van der Waals surface area contributed by atoms with Crippen LogP contribution in [0.4, 0.5) is 11.4 Å². The molecule has 1 atom stereocenters. The minimum absolute atomic E-state index is 0.214. The van der Waals surface area contributed by atoms with Crippen LogP contribution in [0.1, 0.15) is 25.2 Å². The Morgan fingerprint density at radius 3 is 2.72 bits per heavy atom. The highest BCUT2D eigenvalue weighted by Gasteiger charge is 2.23. The highest BCUT2D eigenvalue weighted by atomic mass is 16.5. The number of fused-ring (bicyclic) bond motifs is 2. The van der Waals surface area contributed by atoms with Crippen LogP contribution in [0.3, 0.4) is 0 Å². The Morgan fingerprint density at radius 2 is 1.94 bits per heavy atom. The Kier molecular flexibility index (Phi) is 5.61. The van der Waals surface area contributed by atoms with Crippen molar-refractivity contribution in [1.82, 2.24) is 34.7 Å². The molecule has 1 saturated heterocycles. The van der Waals surface area contributed by atoms with Gasteiger partial charge in [-0.25, -0.2) is 15.0 Å². The summed E-state index contributed by atoms with van der Waals surface area (Å²) in [5.74, 6) is 1.12. The molecular weight excluding hydrogens is 458 g/mol. The Morgan fingerprint density at radius 1 is 1.14 bits per heavy atom. The molecule has 0 radical (unpaired) electrons. The zero-order valence-electron chi connectivity index (χ0n) is 20.2. The van der Waals surface area contributed by atoms with Crippen molar-refractivity contribution in [2.45, 2.75) is 19.4 Å². The molecule has 0 spiro atoms. The number of anilines is 2. The highest BCUT2D eigenvalue weighted by Crippen LogP contribution is 2.33. The summed E-state index contributed by atoms with van der Waals surface area (Å²) in [4.78, 5) is 35.7. The molecule has 0 saturated carbocycles. The zero-order chi connectivity index (χ0) is 24.6. The second-order valence-electron chi connectivity index (χ2n) is 8.87. The van der Waals surface area contributed by atoms with Gasteiger partial charge in [-0.1, -0.05) is 6.92 Å². The monoisotopic (exact) mass is 485 g/mol. The maximum atomic E-state index is 13.4. The molecule has 0 bridgehead atoms. The van der Waals surface area contributed by atoms with E-state index >= 15 is 0 Å². The predicted molar refractivity (Wildman–Crippen MR) is 138 cm³/mol. The molecule has 1 fully saturated rings. The number of nitrogens with zero attached hydrogens (tertiary/aromatic N) is 6. The van der Waals surface area contributed by atoms with Crippen LogP contribution < -0.4 is 15.8 Å². The van der Waals surface area contributed by atoms with E-state index in [1.807, 2.05) is 20.0 Å². The molecule has 184 valence electrons. The minimum atomic E-state index is -0.255. The molecule has 36 heavy (non-hydrogen) atoms. The van der Waals surface area contributed by atoms with Gasteiger partial charge in [0.1, 0.15) is 22.7 Å². The van der Waals surface area contributed by atoms with Gasteiger partial charge in [0, 0.05) is 44.4 Å². The van der Waals surface area contributed by atoms with Crippen molar-refractivity contribution in [3.8, 4) is 11.4 Å². The van der Waals surface area contributed by atoms with Crippen molar-refractivity contribution >= 4 is 33.4 Å². The summed E-state index contributed by atoms with van der Waals surface area (Å²) in [5.41, 5.74) is 4.78. The van der Waals surface area contributed by atoms with Crippen LogP contribution in [-0.2, 0) is 11.8 Å². The predicted octanol–water partition coefficient (Wildman–Crippen LogP) is 2.99. The van der Waals surface area contributed by atoms with E-state index in [1.54, 1.807) is 29.3 Å². The number of benzene rings is 1. The minimum Gasteiger partial charge on any atom is -0.378 e. The Bertz CT molecular complexity index is 1580. The molecule has 0 amide bonds. The van der Waals surface area contributed by atoms with Gasteiger partial charge in [-0.15, -0.1) is 0 Å². The summed E-state index contributed by atoms with van der Waals surface area (Å²) in [6.45, 7) is 5.16. The number of aryl methyl sites for hydroxylation is 1. The smallest absolute Gasteiger partial charge is 0.261 e. The summed E-state index contributed by atoms with van der Waals surface area (Å²) >= 11 is 0. The molecule has 11 heteroatoms. The van der Waals surface area contributed by atoms with Gasteiger partial charge in [0.25, 0.3) is 5.56 Å². The van der Waals surface area contributed by atoms with Gasteiger partial charge >= 0.3 is 0 Å². The molecule has 1 aromatic carbocycles. The second kappa shape index (κ2) is 9.08. The first-order chi connectivity index (χ1) is 17.6. The summed E-state index contributed by atoms with van der Waals surface area (Å²) in [5, 5.41) is 8.15. The van der Waals surface area contributed by atoms with Crippen LogP contribution in [0.15, 0.2) is 47.7 Å². The third kappa shape index (κ3) is 3.97. The van der Waals surface area contributed by atoms with E-state index in [0.717, 1.165) is 29.8 Å². The van der Waals surface area contributed by atoms with Crippen LogP contribution in [0.5, 0.6) is 0 Å². The number of aromatic nitrogens is 7. The number of pyridine rings is 1. The third-order valence-electron chi connectivity index (χ3n) is 6.49. The first-order valence-electron chi connectivity index (χ1n) is 12.1. The van der Waals surface area contributed by atoms with Gasteiger partial charge in [-0.3, -0.25) is 9.48 Å². The summed E-state index contributed by atoms with van der Waals surface area (Å²) in [7, 11) is 1.83. The summed E-state index contributed by atoms with van der Waals surface area (Å²) in [6.07, 6.45) is 5.94. The molecule has 1 aliphatic rings. The van der Waals surface area contributed by atoms with E-state index in [1.165, 1.54) is 0 Å². The second-order valence-corrected chi connectivity index (χ2v) is 8.87. The van der Waals surface area contributed by atoms with Gasteiger partial charge < -0.3 is 24.9 Å². The van der Waals surface area contributed by atoms with E-state index < -0.39 is 0 Å². The van der Waals surface area contributed by atoms with E-state index in [0.29, 0.717) is 53.6 Å². The lowest BCUT2D eigenvalue weighted by molar-refractivity contribution is 0.122. The molecular formula is C25H27N9O2. The van der Waals surface area contributed by atoms with Crippen molar-refractivity contribution in [2.75, 3.05) is 36.5 Å². The van der Waals surface area contributed by atoms with Crippen molar-refractivity contribution < 1.29 is 4.74 Å². The normalized spacial score (nSPS) is 15.0. The number of morpholine rings is 1. The molecule has 0 aliphatic carbocycles. The third-order valence-corrected chi connectivity index (χ3v) is 6.49. The average Bonchev–Trinajstić information content (AvgIpc) is 3.49. The number of aromatic amines is 2. The van der Waals surface area contributed by atoms with Crippen molar-refractivity contribution in [3.63, 3.8) is 0 Å².